The molecule has 76 valence electrons. The molecule has 3 nitrogen and oxygen atoms in total. The molecule has 1 heterocycles. The first kappa shape index (κ1) is 10.4. The lowest BCUT2D eigenvalue weighted by atomic mass is 10.2. The van der Waals surface area contributed by atoms with Crippen LogP contribution in [0.5, 0.6) is 0 Å². The highest BCUT2D eigenvalue weighted by molar-refractivity contribution is 5.79. The van der Waals surface area contributed by atoms with E-state index in [4.69, 9.17) is 0 Å². The van der Waals surface area contributed by atoms with E-state index in [9.17, 15) is 13.6 Å². The summed E-state index contributed by atoms with van der Waals surface area (Å²) in [5, 5.41) is 3.08. The smallest absolute Gasteiger partial charge is 0.315 e. The van der Waals surface area contributed by atoms with Gasteiger partial charge < -0.3 is 10.2 Å². The molecule has 0 aromatic rings. The quantitative estimate of drug-likeness (QED) is 0.649. The van der Waals surface area contributed by atoms with Crippen LogP contribution in [-0.4, -0.2) is 43.4 Å². The SMILES string of the molecule is CC1CNCCN(C(=O)C(F)F)C1. The lowest BCUT2D eigenvalue weighted by Crippen LogP contribution is -2.39. The summed E-state index contributed by atoms with van der Waals surface area (Å²) in [5.41, 5.74) is 0. The number of rotatable bonds is 1. The summed E-state index contributed by atoms with van der Waals surface area (Å²) in [4.78, 5) is 12.2. The largest absolute Gasteiger partial charge is 0.336 e. The number of nitrogens with zero attached hydrogens (tertiary/aromatic N) is 1. The molecule has 0 aliphatic carbocycles. The number of carbonyl (C=O) groups excluding carboxylic acids is 1. The van der Waals surface area contributed by atoms with Gasteiger partial charge in [-0.2, -0.15) is 8.78 Å². The third-order valence-electron chi connectivity index (χ3n) is 2.08. The standard InChI is InChI=1S/C8H14F2N2O/c1-6-4-11-2-3-12(5-6)8(13)7(9)10/h6-7,11H,2-5H2,1H3. The minimum Gasteiger partial charge on any atom is -0.336 e. The zero-order chi connectivity index (χ0) is 9.84. The van der Waals surface area contributed by atoms with Crippen molar-refractivity contribution in [1.82, 2.24) is 10.2 Å². The first-order valence-corrected chi connectivity index (χ1v) is 4.39. The molecular weight excluding hydrogens is 178 g/mol. The van der Waals surface area contributed by atoms with Crippen molar-refractivity contribution in [3.63, 3.8) is 0 Å². The van der Waals surface area contributed by atoms with Gasteiger partial charge in [0.1, 0.15) is 0 Å². The number of nitrogens with one attached hydrogen (secondary N) is 1. The zero-order valence-corrected chi connectivity index (χ0v) is 7.59. The normalized spacial score (nSPS) is 24.6. The van der Waals surface area contributed by atoms with Gasteiger partial charge in [0.25, 0.3) is 5.91 Å². The maximum atomic E-state index is 12.1. The van der Waals surface area contributed by atoms with Gasteiger partial charge in [0.2, 0.25) is 0 Å². The van der Waals surface area contributed by atoms with Crippen molar-refractivity contribution in [2.75, 3.05) is 26.2 Å². The Morgan fingerprint density at radius 1 is 1.62 bits per heavy atom. The van der Waals surface area contributed by atoms with Gasteiger partial charge in [0.05, 0.1) is 0 Å². The molecule has 1 saturated heterocycles. The highest BCUT2D eigenvalue weighted by Crippen LogP contribution is 2.06. The molecule has 0 radical (unpaired) electrons. The topological polar surface area (TPSA) is 32.3 Å². The van der Waals surface area contributed by atoms with E-state index in [1.165, 1.54) is 4.90 Å². The number of amides is 1. The Bertz CT molecular complexity index is 187. The fourth-order valence-corrected chi connectivity index (χ4v) is 1.43. The number of alkyl halides is 2. The van der Waals surface area contributed by atoms with Gasteiger partial charge in [-0.15, -0.1) is 0 Å². The van der Waals surface area contributed by atoms with Crippen LogP contribution < -0.4 is 5.32 Å². The first-order valence-electron chi connectivity index (χ1n) is 4.39. The Balaban J connectivity index is 2.52. The van der Waals surface area contributed by atoms with Gasteiger partial charge in [0, 0.05) is 19.6 Å². The maximum absolute atomic E-state index is 12.1. The number of hydrogen-bond donors (Lipinski definition) is 1. The molecule has 5 heteroatoms. The van der Waals surface area contributed by atoms with E-state index in [0.717, 1.165) is 6.54 Å². The third kappa shape index (κ3) is 2.91. The molecule has 1 unspecified atom stereocenters. The average Bonchev–Trinajstić information content (AvgIpc) is 2.28. The summed E-state index contributed by atoms with van der Waals surface area (Å²) >= 11 is 0. The van der Waals surface area contributed by atoms with Crippen molar-refractivity contribution in [2.45, 2.75) is 13.3 Å². The molecular formula is C8H14F2N2O. The molecule has 0 aromatic carbocycles. The summed E-state index contributed by atoms with van der Waals surface area (Å²) in [5.74, 6) is -0.805. The van der Waals surface area contributed by atoms with E-state index in [1.54, 1.807) is 0 Å². The monoisotopic (exact) mass is 192 g/mol. The summed E-state index contributed by atoms with van der Waals surface area (Å²) in [6, 6.07) is 0. The first-order chi connectivity index (χ1) is 6.11. The Labute approximate surface area is 76.1 Å². The average molecular weight is 192 g/mol. The molecule has 1 fully saturated rings. The van der Waals surface area contributed by atoms with Gasteiger partial charge in [-0.1, -0.05) is 6.92 Å². The van der Waals surface area contributed by atoms with Gasteiger partial charge in [-0.05, 0) is 12.5 Å². The van der Waals surface area contributed by atoms with Gasteiger partial charge >= 0.3 is 6.43 Å². The Morgan fingerprint density at radius 2 is 2.31 bits per heavy atom. The zero-order valence-electron chi connectivity index (χ0n) is 7.59. The fourth-order valence-electron chi connectivity index (χ4n) is 1.43. The van der Waals surface area contributed by atoms with Gasteiger partial charge in [0.15, 0.2) is 0 Å². The van der Waals surface area contributed by atoms with Crippen molar-refractivity contribution in [2.24, 2.45) is 5.92 Å². The Kier molecular flexibility index (Phi) is 3.59. The molecule has 0 saturated carbocycles. The highest BCUT2D eigenvalue weighted by atomic mass is 19.3. The van der Waals surface area contributed by atoms with Crippen LogP contribution in [0.3, 0.4) is 0 Å². The van der Waals surface area contributed by atoms with Crippen LogP contribution in [0.2, 0.25) is 0 Å². The van der Waals surface area contributed by atoms with E-state index >= 15 is 0 Å². The van der Waals surface area contributed by atoms with Crippen molar-refractivity contribution in [1.29, 1.82) is 0 Å². The third-order valence-corrected chi connectivity index (χ3v) is 2.08. The molecule has 0 aromatic heterocycles. The van der Waals surface area contributed by atoms with E-state index < -0.39 is 12.3 Å². The van der Waals surface area contributed by atoms with Gasteiger partial charge in [-0.3, -0.25) is 4.79 Å². The molecule has 1 N–H and O–H groups in total. The lowest BCUT2D eigenvalue weighted by molar-refractivity contribution is -0.143. The summed E-state index contributed by atoms with van der Waals surface area (Å²) in [7, 11) is 0. The Hall–Kier alpha value is -0.710. The van der Waals surface area contributed by atoms with E-state index in [0.29, 0.717) is 19.6 Å². The van der Waals surface area contributed by atoms with Crippen LogP contribution in [0.1, 0.15) is 6.92 Å². The predicted molar refractivity (Wildman–Crippen MR) is 44.6 cm³/mol. The molecule has 0 bridgehead atoms. The Morgan fingerprint density at radius 3 is 2.92 bits per heavy atom. The van der Waals surface area contributed by atoms with Gasteiger partial charge in [-0.25, -0.2) is 0 Å². The minimum absolute atomic E-state index is 0.241. The van der Waals surface area contributed by atoms with E-state index in [-0.39, 0.29) is 5.92 Å². The molecule has 1 atom stereocenters. The highest BCUT2D eigenvalue weighted by Gasteiger charge is 2.25. The maximum Gasteiger partial charge on any atom is 0.315 e. The van der Waals surface area contributed by atoms with E-state index in [1.807, 2.05) is 6.92 Å². The molecule has 13 heavy (non-hydrogen) atoms. The van der Waals surface area contributed by atoms with Crippen molar-refractivity contribution in [3.05, 3.63) is 0 Å². The van der Waals surface area contributed by atoms with E-state index in [2.05, 4.69) is 5.32 Å². The van der Waals surface area contributed by atoms with Crippen LogP contribution in [0, 0.1) is 5.92 Å². The molecule has 0 spiro atoms. The van der Waals surface area contributed by atoms with Crippen molar-refractivity contribution < 1.29 is 13.6 Å². The van der Waals surface area contributed by atoms with Crippen LogP contribution >= 0.6 is 0 Å². The molecule has 1 aliphatic heterocycles. The second-order valence-electron chi connectivity index (χ2n) is 3.39. The second kappa shape index (κ2) is 4.50. The fraction of sp³-hybridized carbons (Fsp3) is 0.875. The van der Waals surface area contributed by atoms with Crippen molar-refractivity contribution in [3.8, 4) is 0 Å². The molecule has 1 rings (SSSR count). The number of carbonyl (C=O) groups is 1. The summed E-state index contributed by atoms with van der Waals surface area (Å²) in [6.45, 7) is 4.13. The van der Waals surface area contributed by atoms with Crippen LogP contribution in [0.15, 0.2) is 0 Å². The van der Waals surface area contributed by atoms with Crippen LogP contribution in [0.4, 0.5) is 8.78 Å². The molecule has 1 amide bonds. The summed E-state index contributed by atoms with van der Waals surface area (Å²) < 4.78 is 24.1. The number of hydrogen-bond acceptors (Lipinski definition) is 2. The van der Waals surface area contributed by atoms with Crippen LogP contribution in [-0.2, 0) is 4.79 Å². The summed E-state index contributed by atoms with van der Waals surface area (Å²) in [6.07, 6.45) is -2.87. The van der Waals surface area contributed by atoms with Crippen LogP contribution in [0.25, 0.3) is 0 Å². The minimum atomic E-state index is -2.87. The molecule has 1 aliphatic rings. The number of halogens is 2. The predicted octanol–water partition coefficient (Wildman–Crippen LogP) is 0.319. The lowest BCUT2D eigenvalue weighted by Gasteiger charge is -2.21. The van der Waals surface area contributed by atoms with Crippen molar-refractivity contribution >= 4 is 5.91 Å². The second-order valence-corrected chi connectivity index (χ2v) is 3.39.